The summed E-state index contributed by atoms with van der Waals surface area (Å²) in [6.07, 6.45) is 3.29. The van der Waals surface area contributed by atoms with E-state index >= 15 is 0 Å². The van der Waals surface area contributed by atoms with Gasteiger partial charge in [-0.2, -0.15) is 5.26 Å². The van der Waals surface area contributed by atoms with Gasteiger partial charge in [-0.15, -0.1) is 11.3 Å². The monoisotopic (exact) mass is 451 g/mol. The first-order chi connectivity index (χ1) is 15.9. The quantitative estimate of drug-likeness (QED) is 0.166. The van der Waals surface area contributed by atoms with Crippen molar-refractivity contribution in [1.29, 1.82) is 5.26 Å². The van der Waals surface area contributed by atoms with E-state index in [2.05, 4.69) is 6.07 Å². The molecule has 0 aliphatic carbocycles. The first kappa shape index (κ1) is 22.0. The molecule has 0 saturated carbocycles. The maximum absolute atomic E-state index is 11.4. The number of carboxylic acids is 1. The predicted molar refractivity (Wildman–Crippen MR) is 135 cm³/mol. The van der Waals surface area contributed by atoms with Crippen LogP contribution >= 0.6 is 11.3 Å². The average molecular weight is 452 g/mol. The van der Waals surface area contributed by atoms with Crippen molar-refractivity contribution in [3.8, 4) is 16.6 Å². The second-order valence-electron chi connectivity index (χ2n) is 7.62. The van der Waals surface area contributed by atoms with Crippen LogP contribution in [0.15, 0.2) is 84.4 Å². The summed E-state index contributed by atoms with van der Waals surface area (Å²) >= 11 is 1.64. The molecule has 0 saturated heterocycles. The van der Waals surface area contributed by atoms with Gasteiger partial charge in [0.1, 0.15) is 16.6 Å². The van der Waals surface area contributed by atoms with Crippen molar-refractivity contribution < 1.29 is 9.90 Å². The first-order valence-corrected chi connectivity index (χ1v) is 11.1. The van der Waals surface area contributed by atoms with E-state index in [0.29, 0.717) is 5.57 Å². The molecule has 0 aliphatic heterocycles. The van der Waals surface area contributed by atoms with Gasteiger partial charge in [0.2, 0.25) is 0 Å². The van der Waals surface area contributed by atoms with Crippen LogP contribution in [0.3, 0.4) is 0 Å². The van der Waals surface area contributed by atoms with Crippen LogP contribution in [0.1, 0.15) is 11.1 Å². The molecule has 0 amide bonds. The summed E-state index contributed by atoms with van der Waals surface area (Å²) in [5.74, 6) is -1.25. The van der Waals surface area contributed by atoms with Gasteiger partial charge in [-0.3, -0.25) is 0 Å². The van der Waals surface area contributed by atoms with Crippen LogP contribution in [-0.4, -0.2) is 30.2 Å². The highest BCUT2D eigenvalue weighted by molar-refractivity contribution is 7.21. The highest BCUT2D eigenvalue weighted by atomic mass is 32.1. The van der Waals surface area contributed by atoms with Crippen molar-refractivity contribution in [2.75, 3.05) is 19.0 Å². The molecule has 1 heterocycles. The van der Waals surface area contributed by atoms with Gasteiger partial charge < -0.3 is 10.0 Å². The first-order valence-electron chi connectivity index (χ1n) is 10.2. The van der Waals surface area contributed by atoms with Crippen LogP contribution in [-0.2, 0) is 4.79 Å². The third kappa shape index (κ3) is 5.00. The maximum atomic E-state index is 11.4. The molecule has 5 nitrogen and oxygen atoms in total. The average Bonchev–Trinajstić information content (AvgIpc) is 3.26. The number of nitrogens with zero attached hydrogens (tertiary/aromatic N) is 3. The number of allylic oxidation sites excluding steroid dienone is 2. The van der Waals surface area contributed by atoms with Gasteiger partial charge >= 0.3 is 5.97 Å². The minimum absolute atomic E-state index is 0.316. The Kier molecular flexibility index (Phi) is 6.34. The van der Waals surface area contributed by atoms with E-state index in [0.717, 1.165) is 37.6 Å². The Morgan fingerprint density at radius 3 is 2.33 bits per heavy atom. The highest BCUT2D eigenvalue weighted by Gasteiger charge is 2.10. The van der Waals surface area contributed by atoms with E-state index in [1.54, 1.807) is 17.4 Å². The van der Waals surface area contributed by atoms with Gasteiger partial charge in [0.05, 0.1) is 10.2 Å². The molecule has 1 aromatic heterocycles. The fraction of sp³-hybridized carbons (Fsp3) is 0.0741. The molecule has 3 aromatic carbocycles. The lowest BCUT2D eigenvalue weighted by molar-refractivity contribution is -0.132. The Morgan fingerprint density at radius 1 is 1.03 bits per heavy atom. The van der Waals surface area contributed by atoms with Crippen molar-refractivity contribution in [2.45, 2.75) is 0 Å². The number of hydrogen-bond donors (Lipinski definition) is 1. The number of rotatable bonds is 6. The van der Waals surface area contributed by atoms with Crippen LogP contribution in [0.4, 0.5) is 5.69 Å². The molecule has 4 rings (SSSR count). The fourth-order valence-corrected chi connectivity index (χ4v) is 4.33. The van der Waals surface area contributed by atoms with E-state index in [4.69, 9.17) is 4.98 Å². The third-order valence-electron chi connectivity index (χ3n) is 5.14. The summed E-state index contributed by atoms with van der Waals surface area (Å²) < 4.78 is 1.14. The number of carbonyl (C=O) groups is 1. The van der Waals surface area contributed by atoms with Crippen molar-refractivity contribution in [1.82, 2.24) is 4.98 Å². The number of para-hydroxylation sites is 1. The summed E-state index contributed by atoms with van der Waals surface area (Å²) in [5.41, 5.74) is 5.07. The summed E-state index contributed by atoms with van der Waals surface area (Å²) in [7, 11) is 3.91. The molecular weight excluding hydrogens is 430 g/mol. The SMILES string of the molecule is CN(C)c1ccc(C(/C=C(\C#N)C(=O)O)=C/c2ccc(-c3nc4ccccc4s3)cc2)cc1. The number of nitriles is 1. The molecule has 162 valence electrons. The largest absolute Gasteiger partial charge is 0.477 e. The lowest BCUT2D eigenvalue weighted by Gasteiger charge is -2.13. The topological polar surface area (TPSA) is 77.2 Å². The normalized spacial score (nSPS) is 11.9. The smallest absolute Gasteiger partial charge is 0.346 e. The molecule has 4 aromatic rings. The van der Waals surface area contributed by atoms with Gasteiger partial charge in [0, 0.05) is 25.3 Å². The Hall–Kier alpha value is -4.21. The lowest BCUT2D eigenvalue weighted by atomic mass is 9.99. The standard InChI is InChI=1S/C27H21N3O2S/c1-30(2)23-13-11-19(12-14-23)21(16-22(17-28)27(31)32)15-18-7-9-20(10-8-18)26-29-24-5-3-4-6-25(24)33-26/h3-16H,1-2H3,(H,31,32)/b21-15+,22-16+. The van der Waals surface area contributed by atoms with Gasteiger partial charge in [0.15, 0.2) is 0 Å². The Balaban J connectivity index is 1.71. The number of anilines is 1. The zero-order valence-electron chi connectivity index (χ0n) is 18.2. The lowest BCUT2D eigenvalue weighted by Crippen LogP contribution is -2.08. The summed E-state index contributed by atoms with van der Waals surface area (Å²) in [4.78, 5) is 18.1. The molecular formula is C27H21N3O2S. The van der Waals surface area contributed by atoms with Crippen molar-refractivity contribution >= 4 is 44.9 Å². The summed E-state index contributed by atoms with van der Waals surface area (Å²) in [6, 6.07) is 25.5. The van der Waals surface area contributed by atoms with Crippen LogP contribution in [0.5, 0.6) is 0 Å². The number of carboxylic acid groups (broad SMARTS) is 1. The number of benzene rings is 3. The zero-order chi connectivity index (χ0) is 23.4. The van der Waals surface area contributed by atoms with Crippen LogP contribution < -0.4 is 4.90 Å². The van der Waals surface area contributed by atoms with Crippen molar-refractivity contribution in [3.63, 3.8) is 0 Å². The van der Waals surface area contributed by atoms with Gasteiger partial charge in [0.25, 0.3) is 0 Å². The molecule has 0 atom stereocenters. The number of fused-ring (bicyclic) bond motifs is 1. The summed E-state index contributed by atoms with van der Waals surface area (Å²) in [5, 5.41) is 19.6. The molecule has 0 spiro atoms. The Labute approximate surface area is 196 Å². The number of thiazole rings is 1. The molecule has 33 heavy (non-hydrogen) atoms. The van der Waals surface area contributed by atoms with Gasteiger partial charge in [-0.05, 0) is 53.1 Å². The van der Waals surface area contributed by atoms with E-state index < -0.39 is 5.97 Å². The Morgan fingerprint density at radius 2 is 1.73 bits per heavy atom. The fourth-order valence-electron chi connectivity index (χ4n) is 3.35. The predicted octanol–water partition coefficient (Wildman–Crippen LogP) is 6.10. The molecule has 6 heteroatoms. The molecule has 0 fully saturated rings. The number of aromatic nitrogens is 1. The molecule has 0 aliphatic rings. The minimum Gasteiger partial charge on any atom is -0.477 e. The second kappa shape index (κ2) is 9.51. The van der Waals surface area contributed by atoms with Crippen molar-refractivity contribution in [3.05, 3.63) is 95.6 Å². The molecule has 1 N–H and O–H groups in total. The zero-order valence-corrected chi connectivity index (χ0v) is 19.0. The van der Waals surface area contributed by atoms with Crippen LogP contribution in [0.2, 0.25) is 0 Å². The molecule has 0 unspecified atom stereocenters. The summed E-state index contributed by atoms with van der Waals surface area (Å²) in [6.45, 7) is 0. The second-order valence-corrected chi connectivity index (χ2v) is 8.66. The Bertz CT molecular complexity index is 1370. The number of hydrogen-bond acceptors (Lipinski definition) is 5. The van der Waals surface area contributed by atoms with Gasteiger partial charge in [-0.25, -0.2) is 9.78 Å². The van der Waals surface area contributed by atoms with Gasteiger partial charge in [-0.1, -0.05) is 48.5 Å². The van der Waals surface area contributed by atoms with Crippen molar-refractivity contribution in [2.24, 2.45) is 0 Å². The molecule has 0 bridgehead atoms. The van der Waals surface area contributed by atoms with E-state index in [1.165, 1.54) is 6.08 Å². The molecule has 0 radical (unpaired) electrons. The van der Waals surface area contributed by atoms with E-state index in [1.807, 2.05) is 91.8 Å². The van der Waals surface area contributed by atoms with E-state index in [-0.39, 0.29) is 5.57 Å². The third-order valence-corrected chi connectivity index (χ3v) is 6.23. The maximum Gasteiger partial charge on any atom is 0.346 e. The highest BCUT2D eigenvalue weighted by Crippen LogP contribution is 2.31. The van der Waals surface area contributed by atoms with Crippen LogP contribution in [0.25, 0.3) is 32.4 Å². The van der Waals surface area contributed by atoms with E-state index in [9.17, 15) is 15.2 Å². The van der Waals surface area contributed by atoms with Crippen LogP contribution in [0, 0.1) is 11.3 Å². The number of aliphatic carboxylic acids is 1. The minimum atomic E-state index is -1.25.